The third kappa shape index (κ3) is 5.10. The van der Waals surface area contributed by atoms with E-state index >= 15 is 0 Å². The molecule has 1 unspecified atom stereocenters. The molecule has 102 valence electrons. The summed E-state index contributed by atoms with van der Waals surface area (Å²) in [5.74, 6) is -1.67. The Labute approximate surface area is 107 Å². The highest BCUT2D eigenvalue weighted by atomic mass is 19.2. The summed E-state index contributed by atoms with van der Waals surface area (Å²) in [6.07, 6.45) is 0.174. The Morgan fingerprint density at radius 1 is 1.28 bits per heavy atom. The number of aliphatic hydroxyl groups excluding tert-OH is 1. The topological polar surface area (TPSA) is 32.3 Å². The van der Waals surface area contributed by atoms with E-state index in [9.17, 15) is 13.9 Å². The average Bonchev–Trinajstić information content (AvgIpc) is 2.21. The van der Waals surface area contributed by atoms with E-state index in [4.69, 9.17) is 0 Å². The lowest BCUT2D eigenvalue weighted by Gasteiger charge is -2.22. The fraction of sp³-hybridized carbons (Fsp3) is 0.571. The zero-order valence-corrected chi connectivity index (χ0v) is 11.1. The highest BCUT2D eigenvalue weighted by Gasteiger charge is 2.16. The van der Waals surface area contributed by atoms with E-state index in [0.717, 1.165) is 6.07 Å². The summed E-state index contributed by atoms with van der Waals surface area (Å²) >= 11 is 0. The van der Waals surface area contributed by atoms with Gasteiger partial charge in [0.1, 0.15) is 0 Å². The van der Waals surface area contributed by atoms with Crippen molar-refractivity contribution in [3.8, 4) is 0 Å². The molecule has 0 aromatic heterocycles. The van der Waals surface area contributed by atoms with E-state index in [1.165, 1.54) is 12.1 Å². The Hall–Kier alpha value is -1.00. The van der Waals surface area contributed by atoms with Crippen LogP contribution in [-0.4, -0.2) is 17.8 Å². The van der Waals surface area contributed by atoms with Crippen LogP contribution in [0.15, 0.2) is 18.2 Å². The number of nitrogens with one attached hydrogen (secondary N) is 1. The van der Waals surface area contributed by atoms with Crippen molar-refractivity contribution in [3.63, 3.8) is 0 Å². The van der Waals surface area contributed by atoms with E-state index in [0.29, 0.717) is 13.0 Å². The lowest BCUT2D eigenvalue weighted by Crippen LogP contribution is -2.30. The maximum atomic E-state index is 13.3. The summed E-state index contributed by atoms with van der Waals surface area (Å²) in [5, 5.41) is 12.7. The first-order valence-corrected chi connectivity index (χ1v) is 6.11. The maximum Gasteiger partial charge on any atom is 0.163 e. The first-order valence-electron chi connectivity index (χ1n) is 6.11. The van der Waals surface area contributed by atoms with Crippen LogP contribution in [-0.2, 0) is 6.54 Å². The Morgan fingerprint density at radius 2 is 1.94 bits per heavy atom. The molecular formula is C14H21F2NO. The maximum absolute atomic E-state index is 13.3. The van der Waals surface area contributed by atoms with Crippen molar-refractivity contribution in [3.05, 3.63) is 35.4 Å². The number of aliphatic hydroxyl groups is 1. The molecule has 2 nitrogen and oxygen atoms in total. The summed E-state index contributed by atoms with van der Waals surface area (Å²) < 4.78 is 26.3. The van der Waals surface area contributed by atoms with Gasteiger partial charge in [0.2, 0.25) is 0 Å². The molecule has 0 spiro atoms. The summed E-state index contributed by atoms with van der Waals surface area (Å²) in [6, 6.07) is 4.09. The first kappa shape index (κ1) is 15.1. The summed E-state index contributed by atoms with van der Waals surface area (Å²) in [6.45, 7) is 6.71. The van der Waals surface area contributed by atoms with Crippen LogP contribution in [0.2, 0.25) is 0 Å². The van der Waals surface area contributed by atoms with Crippen LogP contribution in [0.1, 0.15) is 32.8 Å². The zero-order valence-electron chi connectivity index (χ0n) is 11.1. The van der Waals surface area contributed by atoms with Gasteiger partial charge in [-0.1, -0.05) is 32.9 Å². The lowest BCUT2D eigenvalue weighted by atomic mass is 9.89. The predicted octanol–water partition coefficient (Wildman–Crippen LogP) is 2.85. The molecular weight excluding hydrogens is 236 g/mol. The van der Waals surface area contributed by atoms with Gasteiger partial charge in [-0.25, -0.2) is 8.78 Å². The number of hydrogen-bond donors (Lipinski definition) is 2. The van der Waals surface area contributed by atoms with Crippen molar-refractivity contribution in [2.24, 2.45) is 5.41 Å². The summed E-state index contributed by atoms with van der Waals surface area (Å²) in [4.78, 5) is 0. The number of benzene rings is 1. The van der Waals surface area contributed by atoms with Crippen molar-refractivity contribution < 1.29 is 13.9 Å². The van der Waals surface area contributed by atoms with Crippen molar-refractivity contribution in [2.75, 3.05) is 6.54 Å². The predicted molar refractivity (Wildman–Crippen MR) is 68.1 cm³/mol. The van der Waals surface area contributed by atoms with Gasteiger partial charge in [0.25, 0.3) is 0 Å². The van der Waals surface area contributed by atoms with Crippen LogP contribution >= 0.6 is 0 Å². The molecule has 4 heteroatoms. The second kappa shape index (κ2) is 6.25. The van der Waals surface area contributed by atoms with Gasteiger partial charge in [-0.3, -0.25) is 0 Å². The van der Waals surface area contributed by atoms with Crippen LogP contribution in [0.5, 0.6) is 0 Å². The molecule has 2 N–H and O–H groups in total. The second-order valence-corrected chi connectivity index (χ2v) is 5.76. The lowest BCUT2D eigenvalue weighted by molar-refractivity contribution is 0.119. The molecule has 18 heavy (non-hydrogen) atoms. The molecule has 0 heterocycles. The molecule has 0 bridgehead atoms. The minimum Gasteiger partial charge on any atom is -0.392 e. The Morgan fingerprint density at radius 3 is 2.56 bits per heavy atom. The Balaban J connectivity index is 2.40. The highest BCUT2D eigenvalue weighted by Crippen LogP contribution is 2.20. The normalized spacial score (nSPS) is 13.7. The zero-order chi connectivity index (χ0) is 13.8. The van der Waals surface area contributed by atoms with Crippen LogP contribution in [0, 0.1) is 17.0 Å². The molecule has 1 aromatic carbocycles. The third-order valence-corrected chi connectivity index (χ3v) is 2.57. The van der Waals surface area contributed by atoms with Crippen molar-refractivity contribution in [2.45, 2.75) is 39.8 Å². The molecule has 0 aliphatic heterocycles. The minimum absolute atomic E-state index is 0.0468. The standard InChI is InChI=1S/C14H21F2NO/c1-14(2,3)7-11(18)9-17-8-10-5-4-6-12(15)13(10)16/h4-6,11,17-18H,7-9H2,1-3H3. The SMILES string of the molecule is CC(C)(C)CC(O)CNCc1cccc(F)c1F. The fourth-order valence-electron chi connectivity index (χ4n) is 1.84. The monoisotopic (exact) mass is 257 g/mol. The number of rotatable bonds is 5. The Kier molecular flexibility index (Phi) is 5.23. The largest absolute Gasteiger partial charge is 0.392 e. The van der Waals surface area contributed by atoms with Crippen molar-refractivity contribution in [1.82, 2.24) is 5.32 Å². The quantitative estimate of drug-likeness (QED) is 0.850. The molecule has 0 saturated heterocycles. The molecule has 0 fully saturated rings. The number of halogens is 2. The van der Waals surface area contributed by atoms with Crippen molar-refractivity contribution in [1.29, 1.82) is 0 Å². The van der Waals surface area contributed by atoms with Gasteiger partial charge in [-0.05, 0) is 17.9 Å². The van der Waals surface area contributed by atoms with Gasteiger partial charge in [0, 0.05) is 18.7 Å². The van der Waals surface area contributed by atoms with Gasteiger partial charge in [-0.2, -0.15) is 0 Å². The summed E-state index contributed by atoms with van der Waals surface area (Å²) in [5.41, 5.74) is 0.323. The van der Waals surface area contributed by atoms with Gasteiger partial charge >= 0.3 is 0 Å². The van der Waals surface area contributed by atoms with E-state index in [-0.39, 0.29) is 17.5 Å². The second-order valence-electron chi connectivity index (χ2n) is 5.76. The van der Waals surface area contributed by atoms with E-state index < -0.39 is 17.7 Å². The molecule has 0 saturated carbocycles. The van der Waals surface area contributed by atoms with Crippen LogP contribution in [0.25, 0.3) is 0 Å². The first-order chi connectivity index (χ1) is 8.29. The molecule has 0 aliphatic rings. The summed E-state index contributed by atoms with van der Waals surface area (Å²) in [7, 11) is 0. The van der Waals surface area contributed by atoms with Crippen LogP contribution in [0.4, 0.5) is 8.78 Å². The van der Waals surface area contributed by atoms with E-state index in [1.807, 2.05) is 20.8 Å². The van der Waals surface area contributed by atoms with Crippen molar-refractivity contribution >= 4 is 0 Å². The molecule has 1 rings (SSSR count). The van der Waals surface area contributed by atoms with Gasteiger partial charge < -0.3 is 10.4 Å². The smallest absolute Gasteiger partial charge is 0.163 e. The van der Waals surface area contributed by atoms with Crippen LogP contribution in [0.3, 0.4) is 0 Å². The molecule has 1 atom stereocenters. The molecule has 0 aliphatic carbocycles. The van der Waals surface area contributed by atoms with Gasteiger partial charge in [-0.15, -0.1) is 0 Å². The van der Waals surface area contributed by atoms with Crippen LogP contribution < -0.4 is 5.32 Å². The molecule has 0 amide bonds. The van der Waals surface area contributed by atoms with Gasteiger partial charge in [0.05, 0.1) is 6.10 Å². The molecule has 1 aromatic rings. The fourth-order valence-corrected chi connectivity index (χ4v) is 1.84. The minimum atomic E-state index is -0.843. The highest BCUT2D eigenvalue weighted by molar-refractivity contribution is 5.18. The number of hydrogen-bond acceptors (Lipinski definition) is 2. The van der Waals surface area contributed by atoms with E-state index in [1.54, 1.807) is 0 Å². The average molecular weight is 257 g/mol. The van der Waals surface area contributed by atoms with Gasteiger partial charge in [0.15, 0.2) is 11.6 Å². The molecule has 0 radical (unpaired) electrons. The Bertz CT molecular complexity index is 388. The van der Waals surface area contributed by atoms with E-state index in [2.05, 4.69) is 5.32 Å². The third-order valence-electron chi connectivity index (χ3n) is 2.57.